The van der Waals surface area contributed by atoms with Crippen molar-refractivity contribution in [3.05, 3.63) is 30.1 Å². The Bertz CT molecular complexity index is 552. The van der Waals surface area contributed by atoms with E-state index in [1.165, 1.54) is 6.20 Å². The third kappa shape index (κ3) is 5.70. The van der Waals surface area contributed by atoms with Crippen molar-refractivity contribution in [2.45, 2.75) is 58.2 Å². The molecular weight excluding hydrogens is 296 g/mol. The van der Waals surface area contributed by atoms with Crippen LogP contribution in [0.15, 0.2) is 24.5 Å². The molecule has 0 saturated heterocycles. The minimum absolute atomic E-state index is 0.236. The van der Waals surface area contributed by atoms with E-state index in [-0.39, 0.29) is 25.0 Å². The summed E-state index contributed by atoms with van der Waals surface area (Å²) in [5.74, 6) is -1.08. The van der Waals surface area contributed by atoms with E-state index in [0.717, 1.165) is 0 Å². The SMILES string of the molecule is CC(C)OC(=O)CC(C#N)(CC(=O)OC(C)C)c1cccnc1. The number of hydrogen-bond donors (Lipinski definition) is 0. The van der Waals surface area contributed by atoms with Gasteiger partial charge in [0.05, 0.1) is 31.1 Å². The van der Waals surface area contributed by atoms with Crippen LogP contribution in [-0.4, -0.2) is 29.1 Å². The first-order chi connectivity index (χ1) is 10.8. The van der Waals surface area contributed by atoms with E-state index in [1.807, 2.05) is 0 Å². The molecular formula is C17H22N2O4. The number of carbonyl (C=O) groups is 2. The van der Waals surface area contributed by atoms with Gasteiger partial charge >= 0.3 is 11.9 Å². The Balaban J connectivity index is 3.10. The summed E-state index contributed by atoms with van der Waals surface area (Å²) in [5, 5.41) is 9.70. The number of hydrogen-bond acceptors (Lipinski definition) is 6. The molecule has 1 aromatic rings. The summed E-state index contributed by atoms with van der Waals surface area (Å²) >= 11 is 0. The number of pyridine rings is 1. The fraction of sp³-hybridized carbons (Fsp3) is 0.529. The summed E-state index contributed by atoms with van der Waals surface area (Å²) in [7, 11) is 0. The van der Waals surface area contributed by atoms with E-state index in [2.05, 4.69) is 11.1 Å². The predicted octanol–water partition coefficient (Wildman–Crippen LogP) is 2.53. The van der Waals surface area contributed by atoms with Gasteiger partial charge < -0.3 is 9.47 Å². The molecule has 0 aliphatic carbocycles. The largest absolute Gasteiger partial charge is 0.463 e. The fourth-order valence-electron chi connectivity index (χ4n) is 2.16. The molecule has 1 rings (SSSR count). The molecule has 124 valence electrons. The summed E-state index contributed by atoms with van der Waals surface area (Å²) in [6.45, 7) is 6.90. The molecule has 0 aliphatic heterocycles. The molecule has 0 amide bonds. The van der Waals surface area contributed by atoms with Crippen LogP contribution in [0.25, 0.3) is 0 Å². The minimum atomic E-state index is -1.35. The van der Waals surface area contributed by atoms with E-state index < -0.39 is 17.4 Å². The van der Waals surface area contributed by atoms with Crippen LogP contribution in [-0.2, 0) is 24.5 Å². The smallest absolute Gasteiger partial charge is 0.308 e. The number of rotatable bonds is 7. The highest BCUT2D eigenvalue weighted by Crippen LogP contribution is 2.32. The van der Waals surface area contributed by atoms with Crippen LogP contribution < -0.4 is 0 Å². The quantitative estimate of drug-likeness (QED) is 0.718. The predicted molar refractivity (Wildman–Crippen MR) is 83.2 cm³/mol. The van der Waals surface area contributed by atoms with Gasteiger partial charge in [-0.05, 0) is 39.3 Å². The van der Waals surface area contributed by atoms with Gasteiger partial charge in [-0.15, -0.1) is 0 Å². The van der Waals surface area contributed by atoms with Crippen LogP contribution in [0.4, 0.5) is 0 Å². The molecule has 1 aromatic heterocycles. The molecule has 0 radical (unpaired) electrons. The topological polar surface area (TPSA) is 89.3 Å². The second-order valence-electron chi connectivity index (χ2n) is 5.87. The van der Waals surface area contributed by atoms with Gasteiger partial charge in [0, 0.05) is 12.4 Å². The first-order valence-corrected chi connectivity index (χ1v) is 7.50. The summed E-state index contributed by atoms with van der Waals surface area (Å²) in [6.07, 6.45) is 1.98. The van der Waals surface area contributed by atoms with E-state index in [1.54, 1.807) is 46.0 Å². The summed E-state index contributed by atoms with van der Waals surface area (Å²) < 4.78 is 10.3. The maximum absolute atomic E-state index is 12.1. The van der Waals surface area contributed by atoms with Crippen LogP contribution in [0.2, 0.25) is 0 Å². The molecule has 0 saturated carbocycles. The Morgan fingerprint density at radius 3 is 2.04 bits per heavy atom. The Kier molecular flexibility index (Phi) is 6.70. The third-order valence-electron chi connectivity index (χ3n) is 3.05. The van der Waals surface area contributed by atoms with Crippen LogP contribution in [0.5, 0.6) is 0 Å². The van der Waals surface area contributed by atoms with E-state index >= 15 is 0 Å². The van der Waals surface area contributed by atoms with Crippen molar-refractivity contribution in [3.8, 4) is 6.07 Å². The van der Waals surface area contributed by atoms with Crippen LogP contribution in [0.1, 0.15) is 46.1 Å². The Hall–Kier alpha value is -2.42. The van der Waals surface area contributed by atoms with Gasteiger partial charge in [0.25, 0.3) is 0 Å². The van der Waals surface area contributed by atoms with Gasteiger partial charge in [-0.1, -0.05) is 6.07 Å². The number of ether oxygens (including phenoxy) is 2. The summed E-state index contributed by atoms with van der Waals surface area (Å²) in [5.41, 5.74) is -0.865. The van der Waals surface area contributed by atoms with Crippen molar-refractivity contribution in [2.75, 3.05) is 0 Å². The monoisotopic (exact) mass is 318 g/mol. The normalized spacial score (nSPS) is 11.2. The van der Waals surface area contributed by atoms with E-state index in [4.69, 9.17) is 9.47 Å². The third-order valence-corrected chi connectivity index (χ3v) is 3.05. The second kappa shape index (κ2) is 8.28. The molecule has 0 atom stereocenters. The zero-order valence-corrected chi connectivity index (χ0v) is 13.9. The van der Waals surface area contributed by atoms with Crippen molar-refractivity contribution >= 4 is 11.9 Å². The summed E-state index contributed by atoms with van der Waals surface area (Å²) in [6, 6.07) is 5.42. The van der Waals surface area contributed by atoms with E-state index in [9.17, 15) is 14.9 Å². The first kappa shape index (κ1) is 18.6. The second-order valence-corrected chi connectivity index (χ2v) is 5.87. The molecule has 0 spiro atoms. The molecule has 0 aromatic carbocycles. The van der Waals surface area contributed by atoms with Gasteiger partial charge in [0.1, 0.15) is 5.41 Å². The number of nitriles is 1. The highest BCUT2D eigenvalue weighted by Gasteiger charge is 2.39. The minimum Gasteiger partial charge on any atom is -0.463 e. The zero-order chi connectivity index (χ0) is 17.5. The van der Waals surface area contributed by atoms with Crippen LogP contribution >= 0.6 is 0 Å². The van der Waals surface area contributed by atoms with Crippen molar-refractivity contribution in [3.63, 3.8) is 0 Å². The number of nitrogens with zero attached hydrogens (tertiary/aromatic N) is 2. The van der Waals surface area contributed by atoms with Crippen molar-refractivity contribution in [1.82, 2.24) is 4.98 Å². The standard InChI is InChI=1S/C17H22N2O4/c1-12(2)22-15(20)8-17(11-18,9-16(21)23-13(3)4)14-6-5-7-19-10-14/h5-7,10,12-13H,8-9H2,1-4H3. The highest BCUT2D eigenvalue weighted by atomic mass is 16.5. The molecule has 0 aliphatic rings. The molecule has 6 nitrogen and oxygen atoms in total. The van der Waals surface area contributed by atoms with Crippen LogP contribution in [0.3, 0.4) is 0 Å². The lowest BCUT2D eigenvalue weighted by atomic mass is 9.77. The number of aromatic nitrogens is 1. The van der Waals surface area contributed by atoms with Gasteiger partial charge in [0.15, 0.2) is 0 Å². The van der Waals surface area contributed by atoms with Gasteiger partial charge in [-0.2, -0.15) is 5.26 Å². The molecule has 0 bridgehead atoms. The maximum atomic E-state index is 12.1. The first-order valence-electron chi connectivity index (χ1n) is 7.50. The van der Waals surface area contributed by atoms with Crippen molar-refractivity contribution in [2.24, 2.45) is 0 Å². The molecule has 0 unspecified atom stereocenters. The molecule has 0 N–H and O–H groups in total. The highest BCUT2D eigenvalue weighted by molar-refractivity contribution is 5.77. The molecule has 6 heteroatoms. The maximum Gasteiger partial charge on any atom is 0.308 e. The Labute approximate surface area is 136 Å². The lowest BCUT2D eigenvalue weighted by molar-refractivity contribution is -0.151. The van der Waals surface area contributed by atoms with Crippen molar-refractivity contribution in [1.29, 1.82) is 5.26 Å². The van der Waals surface area contributed by atoms with Crippen molar-refractivity contribution < 1.29 is 19.1 Å². The molecule has 1 heterocycles. The summed E-state index contributed by atoms with van der Waals surface area (Å²) in [4.78, 5) is 28.1. The fourth-order valence-corrected chi connectivity index (χ4v) is 2.16. The number of esters is 2. The average Bonchev–Trinajstić information content (AvgIpc) is 2.45. The van der Waals surface area contributed by atoms with E-state index in [0.29, 0.717) is 5.56 Å². The van der Waals surface area contributed by atoms with Gasteiger partial charge in [-0.3, -0.25) is 14.6 Å². The lowest BCUT2D eigenvalue weighted by Gasteiger charge is -2.25. The zero-order valence-electron chi connectivity index (χ0n) is 13.9. The van der Waals surface area contributed by atoms with Gasteiger partial charge in [-0.25, -0.2) is 0 Å². The Morgan fingerprint density at radius 2 is 1.70 bits per heavy atom. The lowest BCUT2D eigenvalue weighted by Crippen LogP contribution is -2.33. The molecule has 23 heavy (non-hydrogen) atoms. The average molecular weight is 318 g/mol. The van der Waals surface area contributed by atoms with Crippen LogP contribution in [0, 0.1) is 11.3 Å². The number of carbonyl (C=O) groups excluding carboxylic acids is 2. The Morgan fingerprint density at radius 1 is 1.17 bits per heavy atom. The molecule has 0 fully saturated rings. The van der Waals surface area contributed by atoms with Gasteiger partial charge in [0.2, 0.25) is 0 Å².